The van der Waals surface area contributed by atoms with E-state index >= 15 is 0 Å². The molecule has 86 valence electrons. The van der Waals surface area contributed by atoms with Gasteiger partial charge in [0.25, 0.3) is 5.69 Å². The lowest BCUT2D eigenvalue weighted by atomic mass is 10.0. The molecule has 0 radical (unpaired) electrons. The van der Waals surface area contributed by atoms with Gasteiger partial charge in [-0.3, -0.25) is 10.1 Å². The van der Waals surface area contributed by atoms with E-state index < -0.39 is 16.5 Å². The van der Waals surface area contributed by atoms with Crippen molar-refractivity contribution >= 4 is 5.69 Å². The molecule has 1 N–H and O–H groups in total. The molecule has 0 aliphatic heterocycles. The molecule has 0 aliphatic rings. The maximum atomic E-state index is 13.7. The molecule has 2 aromatic rings. The lowest BCUT2D eigenvalue weighted by Gasteiger charge is -2.05. The van der Waals surface area contributed by atoms with Gasteiger partial charge in [-0.15, -0.1) is 0 Å². The number of nitrogens with zero attached hydrogens (tertiary/aromatic N) is 1. The Morgan fingerprint density at radius 3 is 2.41 bits per heavy atom. The SMILES string of the molecule is O=[N+]([O-])c1cc(O)c(F)c(-c2ccccc2)c1. The highest BCUT2D eigenvalue weighted by atomic mass is 19.1. The fourth-order valence-electron chi connectivity index (χ4n) is 1.53. The van der Waals surface area contributed by atoms with Crippen LogP contribution in [0.4, 0.5) is 10.1 Å². The maximum Gasteiger partial charge on any atom is 0.273 e. The van der Waals surface area contributed by atoms with E-state index in [1.54, 1.807) is 30.3 Å². The highest BCUT2D eigenvalue weighted by Crippen LogP contribution is 2.32. The van der Waals surface area contributed by atoms with Gasteiger partial charge in [-0.2, -0.15) is 0 Å². The summed E-state index contributed by atoms with van der Waals surface area (Å²) in [6, 6.07) is 10.2. The maximum absolute atomic E-state index is 13.7. The van der Waals surface area contributed by atoms with E-state index in [4.69, 9.17) is 0 Å². The average molecular weight is 233 g/mol. The third-order valence-electron chi connectivity index (χ3n) is 2.33. The minimum Gasteiger partial charge on any atom is -0.505 e. The number of phenols is 1. The Bertz CT molecular complexity index is 569. The van der Waals surface area contributed by atoms with E-state index in [0.29, 0.717) is 5.56 Å². The van der Waals surface area contributed by atoms with Crippen LogP contribution in [0, 0.1) is 15.9 Å². The molecule has 0 aliphatic carbocycles. The standard InChI is InChI=1S/C12H8FNO3/c13-12-10(8-4-2-1-3-5-8)6-9(14(16)17)7-11(12)15/h1-7,15H. The summed E-state index contributed by atoms with van der Waals surface area (Å²) < 4.78 is 13.7. The van der Waals surface area contributed by atoms with E-state index in [-0.39, 0.29) is 11.3 Å². The number of nitro groups is 1. The van der Waals surface area contributed by atoms with Crippen LogP contribution in [0.15, 0.2) is 42.5 Å². The zero-order valence-corrected chi connectivity index (χ0v) is 8.63. The van der Waals surface area contributed by atoms with Crippen molar-refractivity contribution in [2.45, 2.75) is 0 Å². The van der Waals surface area contributed by atoms with Crippen molar-refractivity contribution in [2.24, 2.45) is 0 Å². The Hall–Kier alpha value is -2.43. The predicted octanol–water partition coefficient (Wildman–Crippen LogP) is 3.11. The first-order chi connectivity index (χ1) is 8.09. The smallest absolute Gasteiger partial charge is 0.273 e. The van der Waals surface area contributed by atoms with Crippen molar-refractivity contribution in [1.82, 2.24) is 0 Å². The summed E-state index contributed by atoms with van der Waals surface area (Å²) in [5, 5.41) is 19.9. The summed E-state index contributed by atoms with van der Waals surface area (Å²) >= 11 is 0. The third kappa shape index (κ3) is 2.08. The van der Waals surface area contributed by atoms with Crippen molar-refractivity contribution < 1.29 is 14.4 Å². The molecule has 2 rings (SSSR count). The van der Waals surface area contributed by atoms with Gasteiger partial charge in [0.05, 0.1) is 11.0 Å². The lowest BCUT2D eigenvalue weighted by molar-refractivity contribution is -0.384. The molecule has 0 atom stereocenters. The largest absolute Gasteiger partial charge is 0.505 e. The molecule has 0 saturated carbocycles. The molecule has 0 bridgehead atoms. The van der Waals surface area contributed by atoms with E-state index in [2.05, 4.69) is 0 Å². The number of rotatable bonds is 2. The van der Waals surface area contributed by atoms with Crippen LogP contribution in [-0.4, -0.2) is 10.0 Å². The molecule has 5 heteroatoms. The Labute approximate surface area is 96.1 Å². The number of aromatic hydroxyl groups is 1. The summed E-state index contributed by atoms with van der Waals surface area (Å²) in [5.74, 6) is -1.58. The van der Waals surface area contributed by atoms with Crippen LogP contribution in [0.1, 0.15) is 0 Å². The van der Waals surface area contributed by atoms with Gasteiger partial charge in [0, 0.05) is 11.6 Å². The number of phenolic OH excluding ortho intramolecular Hbond substituents is 1. The molecule has 0 fully saturated rings. The summed E-state index contributed by atoms with van der Waals surface area (Å²) in [4.78, 5) is 9.94. The van der Waals surface area contributed by atoms with E-state index in [1.807, 2.05) is 0 Å². The molecule has 0 saturated heterocycles. The second-order valence-corrected chi connectivity index (χ2v) is 3.45. The average Bonchev–Trinajstić information content (AvgIpc) is 2.33. The molecular weight excluding hydrogens is 225 g/mol. The van der Waals surface area contributed by atoms with Crippen LogP contribution >= 0.6 is 0 Å². The van der Waals surface area contributed by atoms with E-state index in [1.165, 1.54) is 0 Å². The molecule has 17 heavy (non-hydrogen) atoms. The van der Waals surface area contributed by atoms with Gasteiger partial charge in [-0.1, -0.05) is 30.3 Å². The quantitative estimate of drug-likeness (QED) is 0.640. The Balaban J connectivity index is 2.65. The topological polar surface area (TPSA) is 63.4 Å². The van der Waals surface area contributed by atoms with Crippen LogP contribution < -0.4 is 0 Å². The summed E-state index contributed by atoms with van der Waals surface area (Å²) in [5.41, 5.74) is 0.143. The number of nitro benzene ring substituents is 1. The van der Waals surface area contributed by atoms with Crippen LogP contribution in [0.5, 0.6) is 5.75 Å². The van der Waals surface area contributed by atoms with Crippen molar-refractivity contribution in [3.05, 3.63) is 58.4 Å². The minimum absolute atomic E-state index is 0.0114. The monoisotopic (exact) mass is 233 g/mol. The molecule has 0 unspecified atom stereocenters. The van der Waals surface area contributed by atoms with Gasteiger partial charge in [-0.05, 0) is 5.56 Å². The number of non-ortho nitro benzene ring substituents is 1. The van der Waals surface area contributed by atoms with Gasteiger partial charge in [0.1, 0.15) is 0 Å². The van der Waals surface area contributed by atoms with Crippen LogP contribution in [0.3, 0.4) is 0 Å². The summed E-state index contributed by atoms with van der Waals surface area (Å²) in [6.45, 7) is 0. The van der Waals surface area contributed by atoms with Crippen LogP contribution in [-0.2, 0) is 0 Å². The third-order valence-corrected chi connectivity index (χ3v) is 2.33. The van der Waals surface area contributed by atoms with E-state index in [0.717, 1.165) is 12.1 Å². The van der Waals surface area contributed by atoms with Crippen LogP contribution in [0.25, 0.3) is 11.1 Å². The van der Waals surface area contributed by atoms with Gasteiger partial charge in [-0.25, -0.2) is 4.39 Å². The normalized spacial score (nSPS) is 10.2. The molecule has 2 aromatic carbocycles. The minimum atomic E-state index is -0.859. The Morgan fingerprint density at radius 2 is 1.82 bits per heavy atom. The highest BCUT2D eigenvalue weighted by Gasteiger charge is 2.17. The van der Waals surface area contributed by atoms with Crippen molar-refractivity contribution in [1.29, 1.82) is 0 Å². The first-order valence-electron chi connectivity index (χ1n) is 4.82. The van der Waals surface area contributed by atoms with Crippen LogP contribution in [0.2, 0.25) is 0 Å². The number of hydrogen-bond acceptors (Lipinski definition) is 3. The van der Waals surface area contributed by atoms with E-state index in [9.17, 15) is 19.6 Å². The second kappa shape index (κ2) is 4.21. The summed E-state index contributed by atoms with van der Waals surface area (Å²) in [6.07, 6.45) is 0. The Morgan fingerprint density at radius 1 is 1.18 bits per heavy atom. The molecule has 0 heterocycles. The fourth-order valence-corrected chi connectivity index (χ4v) is 1.53. The second-order valence-electron chi connectivity index (χ2n) is 3.45. The predicted molar refractivity (Wildman–Crippen MR) is 60.2 cm³/mol. The van der Waals surface area contributed by atoms with Gasteiger partial charge >= 0.3 is 0 Å². The Kier molecular flexibility index (Phi) is 2.74. The zero-order valence-electron chi connectivity index (χ0n) is 8.63. The number of benzene rings is 2. The molecule has 0 aromatic heterocycles. The first kappa shape index (κ1) is 11.1. The molecule has 0 amide bonds. The fraction of sp³-hybridized carbons (Fsp3) is 0. The number of halogens is 1. The first-order valence-corrected chi connectivity index (χ1v) is 4.82. The van der Waals surface area contributed by atoms with Gasteiger partial charge < -0.3 is 5.11 Å². The van der Waals surface area contributed by atoms with Gasteiger partial charge in [0.15, 0.2) is 11.6 Å². The molecule has 0 spiro atoms. The summed E-state index contributed by atoms with van der Waals surface area (Å²) in [7, 11) is 0. The zero-order chi connectivity index (χ0) is 12.4. The number of hydrogen-bond donors (Lipinski definition) is 1. The van der Waals surface area contributed by atoms with Crippen molar-refractivity contribution in [3.63, 3.8) is 0 Å². The highest BCUT2D eigenvalue weighted by molar-refractivity contribution is 5.69. The lowest BCUT2D eigenvalue weighted by Crippen LogP contribution is -1.92. The molecular formula is C12H8FNO3. The molecule has 4 nitrogen and oxygen atoms in total. The van der Waals surface area contributed by atoms with Gasteiger partial charge in [0.2, 0.25) is 0 Å². The van der Waals surface area contributed by atoms with Crippen molar-refractivity contribution in [2.75, 3.05) is 0 Å². The van der Waals surface area contributed by atoms with Crippen molar-refractivity contribution in [3.8, 4) is 16.9 Å².